The lowest BCUT2D eigenvalue weighted by molar-refractivity contribution is 0.0371. The number of hydrogen-bond donors (Lipinski definition) is 1. The molecule has 0 spiro atoms. The predicted molar refractivity (Wildman–Crippen MR) is 155 cm³/mol. The van der Waals surface area contributed by atoms with Crippen molar-refractivity contribution in [1.82, 2.24) is 19.9 Å². The van der Waals surface area contributed by atoms with Gasteiger partial charge in [-0.25, -0.2) is 19.7 Å². The lowest BCUT2D eigenvalue weighted by atomic mass is 10.1. The highest BCUT2D eigenvalue weighted by atomic mass is 32.2. The molecule has 42 heavy (non-hydrogen) atoms. The first-order valence-corrected chi connectivity index (χ1v) is 14.4. The fraction of sp³-hybridized carbons (Fsp3) is 0.276. The third kappa shape index (κ3) is 6.92. The molecule has 3 heterocycles. The van der Waals surface area contributed by atoms with Crippen molar-refractivity contribution in [3.05, 3.63) is 72.2 Å². The summed E-state index contributed by atoms with van der Waals surface area (Å²) in [5.74, 6) is -0.243. The van der Waals surface area contributed by atoms with Crippen LogP contribution in [-0.4, -0.2) is 54.6 Å². The standard InChI is InChI=1S/C29H31N5O7S/c1-17(2)20-11-12-24(31-16-20)42(36,37)34-27-25(41-23-10-8-7-9-22(23)38-5)28(39-6)33-26(32-27)19-13-14-30-21(15-19)29(35)40-18(3)4/h7-18H,1-6H3,(H,32,33,34). The van der Waals surface area contributed by atoms with Crippen LogP contribution < -0.4 is 18.9 Å². The van der Waals surface area contributed by atoms with Crippen molar-refractivity contribution < 1.29 is 32.2 Å². The average molecular weight is 594 g/mol. The van der Waals surface area contributed by atoms with Crippen LogP contribution in [-0.2, 0) is 14.8 Å². The van der Waals surface area contributed by atoms with E-state index in [0.717, 1.165) is 5.56 Å². The molecule has 0 radical (unpaired) electrons. The number of benzene rings is 1. The number of hydrogen-bond acceptors (Lipinski definition) is 11. The Morgan fingerprint density at radius 1 is 0.905 bits per heavy atom. The molecule has 0 aliphatic heterocycles. The Balaban J connectivity index is 1.84. The number of anilines is 1. The lowest BCUT2D eigenvalue weighted by Crippen LogP contribution is -2.17. The van der Waals surface area contributed by atoms with E-state index in [0.29, 0.717) is 11.3 Å². The molecule has 0 aliphatic carbocycles. The Hall–Kier alpha value is -4.78. The van der Waals surface area contributed by atoms with E-state index in [1.165, 1.54) is 38.7 Å². The van der Waals surface area contributed by atoms with Crippen molar-refractivity contribution in [2.75, 3.05) is 18.9 Å². The number of carbonyl (C=O) groups is 1. The average Bonchev–Trinajstić information content (AvgIpc) is 2.97. The number of esters is 1. The van der Waals surface area contributed by atoms with Crippen LogP contribution in [0.3, 0.4) is 0 Å². The second-order valence-corrected chi connectivity index (χ2v) is 11.2. The number of pyridine rings is 2. The van der Waals surface area contributed by atoms with Gasteiger partial charge in [0, 0.05) is 18.0 Å². The molecule has 220 valence electrons. The summed E-state index contributed by atoms with van der Waals surface area (Å²) in [6, 6.07) is 12.9. The summed E-state index contributed by atoms with van der Waals surface area (Å²) < 4.78 is 51.6. The van der Waals surface area contributed by atoms with Gasteiger partial charge in [0.15, 0.2) is 28.2 Å². The number of aromatic nitrogens is 4. The van der Waals surface area contributed by atoms with Crippen LogP contribution in [0.2, 0.25) is 0 Å². The fourth-order valence-electron chi connectivity index (χ4n) is 3.70. The van der Waals surface area contributed by atoms with Gasteiger partial charge in [-0.1, -0.05) is 32.0 Å². The van der Waals surface area contributed by atoms with E-state index in [4.69, 9.17) is 18.9 Å². The molecule has 1 aromatic carbocycles. The summed E-state index contributed by atoms with van der Waals surface area (Å²) in [7, 11) is -1.43. The molecule has 0 fully saturated rings. The molecule has 12 nitrogen and oxygen atoms in total. The third-order valence-corrected chi connectivity index (χ3v) is 7.07. The molecule has 0 saturated heterocycles. The van der Waals surface area contributed by atoms with Crippen molar-refractivity contribution in [1.29, 1.82) is 0 Å². The molecule has 3 aromatic heterocycles. The maximum atomic E-state index is 13.5. The van der Waals surface area contributed by atoms with Gasteiger partial charge in [0.05, 0.1) is 20.3 Å². The molecule has 0 saturated carbocycles. The molecule has 0 amide bonds. The van der Waals surface area contributed by atoms with E-state index in [1.807, 2.05) is 13.8 Å². The summed E-state index contributed by atoms with van der Waals surface area (Å²) in [5.41, 5.74) is 1.25. The van der Waals surface area contributed by atoms with Crippen molar-refractivity contribution in [3.8, 4) is 34.5 Å². The van der Waals surface area contributed by atoms with Crippen molar-refractivity contribution in [3.63, 3.8) is 0 Å². The Labute approximate surface area is 244 Å². The Kier molecular flexibility index (Phi) is 9.21. The van der Waals surface area contributed by atoms with Gasteiger partial charge in [0.1, 0.15) is 5.69 Å². The van der Waals surface area contributed by atoms with Crippen LogP contribution in [0.25, 0.3) is 11.4 Å². The Morgan fingerprint density at radius 3 is 2.26 bits per heavy atom. The molecule has 0 bridgehead atoms. The number of rotatable bonds is 11. The highest BCUT2D eigenvalue weighted by Crippen LogP contribution is 2.41. The van der Waals surface area contributed by atoms with Crippen molar-refractivity contribution >= 4 is 21.8 Å². The van der Waals surface area contributed by atoms with E-state index in [9.17, 15) is 13.2 Å². The Morgan fingerprint density at radius 2 is 1.64 bits per heavy atom. The molecule has 0 unspecified atom stereocenters. The summed E-state index contributed by atoms with van der Waals surface area (Å²) in [6.45, 7) is 7.40. The monoisotopic (exact) mass is 593 g/mol. The molecule has 4 aromatic rings. The van der Waals surface area contributed by atoms with E-state index < -0.39 is 16.0 Å². The molecule has 4 rings (SSSR count). The van der Waals surface area contributed by atoms with Gasteiger partial charge in [-0.05, 0) is 55.7 Å². The van der Waals surface area contributed by atoms with Crippen LogP contribution in [0.15, 0.2) is 66.0 Å². The quantitative estimate of drug-likeness (QED) is 0.227. The lowest BCUT2D eigenvalue weighted by Gasteiger charge is -2.17. The zero-order chi connectivity index (χ0) is 30.4. The number of nitrogens with zero attached hydrogens (tertiary/aromatic N) is 4. The van der Waals surface area contributed by atoms with Gasteiger partial charge in [-0.15, -0.1) is 0 Å². The number of ether oxygens (including phenoxy) is 4. The normalized spacial score (nSPS) is 11.3. The first kappa shape index (κ1) is 30.2. The van der Waals surface area contributed by atoms with E-state index >= 15 is 0 Å². The minimum Gasteiger partial charge on any atom is -0.493 e. The van der Waals surface area contributed by atoms with Crippen molar-refractivity contribution in [2.45, 2.75) is 44.7 Å². The minimum atomic E-state index is -4.25. The smallest absolute Gasteiger partial charge is 0.357 e. The topological polar surface area (TPSA) is 152 Å². The van der Waals surface area contributed by atoms with Crippen molar-refractivity contribution in [2.24, 2.45) is 0 Å². The van der Waals surface area contributed by atoms with E-state index in [1.54, 1.807) is 50.2 Å². The maximum absolute atomic E-state index is 13.5. The third-order valence-electron chi connectivity index (χ3n) is 5.81. The molecule has 13 heteroatoms. The van der Waals surface area contributed by atoms with E-state index in [2.05, 4.69) is 24.7 Å². The molecule has 1 N–H and O–H groups in total. The molecule has 0 atom stereocenters. The van der Waals surface area contributed by atoms with Crippen LogP contribution >= 0.6 is 0 Å². The highest BCUT2D eigenvalue weighted by molar-refractivity contribution is 7.92. The SMILES string of the molecule is COc1ccccc1Oc1c(NS(=O)(=O)c2ccc(C(C)C)cn2)nc(-c2ccnc(C(=O)OC(C)C)c2)nc1OC. The number of carbonyl (C=O) groups excluding carboxylic acids is 1. The zero-order valence-electron chi connectivity index (χ0n) is 24.0. The zero-order valence-corrected chi connectivity index (χ0v) is 24.8. The van der Waals surface area contributed by atoms with Crippen LogP contribution in [0.4, 0.5) is 5.82 Å². The number of para-hydroxylation sites is 2. The van der Waals surface area contributed by atoms with Gasteiger partial charge >= 0.3 is 5.97 Å². The van der Waals surface area contributed by atoms with Gasteiger partial charge in [0.25, 0.3) is 15.9 Å². The predicted octanol–water partition coefficient (Wildman–Crippen LogP) is 5.23. The molecule has 0 aliphatic rings. The first-order chi connectivity index (χ1) is 20.0. The molecular formula is C29H31N5O7S. The van der Waals surface area contributed by atoms with Crippen LogP contribution in [0.1, 0.15) is 49.7 Å². The maximum Gasteiger partial charge on any atom is 0.357 e. The second-order valence-electron chi connectivity index (χ2n) is 9.56. The summed E-state index contributed by atoms with van der Waals surface area (Å²) >= 11 is 0. The fourth-order valence-corrected chi connectivity index (χ4v) is 4.64. The number of methoxy groups -OCH3 is 2. The number of sulfonamides is 1. The van der Waals surface area contributed by atoms with Crippen LogP contribution in [0, 0.1) is 0 Å². The summed E-state index contributed by atoms with van der Waals surface area (Å²) in [4.78, 5) is 29.6. The second kappa shape index (κ2) is 12.8. The summed E-state index contributed by atoms with van der Waals surface area (Å²) in [5, 5.41) is -0.225. The van der Waals surface area contributed by atoms with E-state index in [-0.39, 0.29) is 51.8 Å². The first-order valence-electron chi connectivity index (χ1n) is 13.0. The molecular weight excluding hydrogens is 562 g/mol. The highest BCUT2D eigenvalue weighted by Gasteiger charge is 2.26. The minimum absolute atomic E-state index is 0.0229. The van der Waals surface area contributed by atoms with Crippen LogP contribution in [0.5, 0.6) is 23.1 Å². The van der Waals surface area contributed by atoms with Gasteiger partial charge in [0.2, 0.25) is 5.75 Å². The van der Waals surface area contributed by atoms with Gasteiger partial charge in [-0.2, -0.15) is 13.4 Å². The van der Waals surface area contributed by atoms with Gasteiger partial charge in [-0.3, -0.25) is 4.72 Å². The Bertz CT molecular complexity index is 1680. The van der Waals surface area contributed by atoms with Gasteiger partial charge < -0.3 is 18.9 Å². The summed E-state index contributed by atoms with van der Waals surface area (Å²) in [6.07, 6.45) is 2.55. The largest absolute Gasteiger partial charge is 0.493 e. The number of nitrogens with one attached hydrogen (secondary N) is 1.